The van der Waals surface area contributed by atoms with E-state index in [2.05, 4.69) is 32.3 Å². The van der Waals surface area contributed by atoms with Gasteiger partial charge in [-0.1, -0.05) is 18.2 Å². The summed E-state index contributed by atoms with van der Waals surface area (Å²) in [6.07, 6.45) is 2.75. The van der Waals surface area contributed by atoms with Crippen LogP contribution in [0.3, 0.4) is 0 Å². The first-order chi connectivity index (χ1) is 13.1. The summed E-state index contributed by atoms with van der Waals surface area (Å²) in [6.45, 7) is 7.64. The predicted octanol–water partition coefficient (Wildman–Crippen LogP) is 3.11. The lowest BCUT2D eigenvalue weighted by Gasteiger charge is -2.35. The maximum absolute atomic E-state index is 12.4. The maximum Gasteiger partial charge on any atom is 0.317 e. The van der Waals surface area contributed by atoms with Gasteiger partial charge in [0.15, 0.2) is 0 Å². The fourth-order valence-corrected chi connectivity index (χ4v) is 3.91. The van der Waals surface area contributed by atoms with E-state index in [1.54, 1.807) is 6.20 Å². The quantitative estimate of drug-likeness (QED) is 0.612. The van der Waals surface area contributed by atoms with Crippen molar-refractivity contribution >= 4 is 23.6 Å². The van der Waals surface area contributed by atoms with E-state index in [-0.39, 0.29) is 6.03 Å². The van der Waals surface area contributed by atoms with Crippen LogP contribution in [-0.2, 0) is 0 Å². The van der Waals surface area contributed by atoms with Gasteiger partial charge in [-0.25, -0.2) is 9.78 Å². The minimum absolute atomic E-state index is 0.0337. The number of hydrogen-bond donors (Lipinski definition) is 1. The van der Waals surface area contributed by atoms with Gasteiger partial charge in [-0.15, -0.1) is 11.8 Å². The highest BCUT2D eigenvalue weighted by molar-refractivity contribution is 7.99. The van der Waals surface area contributed by atoms with E-state index < -0.39 is 0 Å². The van der Waals surface area contributed by atoms with Gasteiger partial charge in [0, 0.05) is 43.8 Å². The second-order valence-electron chi connectivity index (χ2n) is 6.64. The van der Waals surface area contributed by atoms with Gasteiger partial charge < -0.3 is 15.1 Å². The Morgan fingerprint density at radius 2 is 1.89 bits per heavy atom. The monoisotopic (exact) mass is 385 g/mol. The van der Waals surface area contributed by atoms with E-state index in [4.69, 9.17) is 0 Å². The highest BCUT2D eigenvalue weighted by Crippen LogP contribution is 2.18. The smallest absolute Gasteiger partial charge is 0.317 e. The van der Waals surface area contributed by atoms with Crippen molar-refractivity contribution in [1.29, 1.82) is 0 Å². The number of benzene rings is 1. The summed E-state index contributed by atoms with van der Waals surface area (Å²) >= 11 is 1.82. The predicted molar refractivity (Wildman–Crippen MR) is 110 cm³/mol. The lowest BCUT2D eigenvalue weighted by atomic mass is 10.3. The van der Waals surface area contributed by atoms with Crippen LogP contribution >= 0.6 is 11.8 Å². The van der Waals surface area contributed by atoms with Crippen molar-refractivity contribution in [3.05, 3.63) is 47.9 Å². The number of urea groups is 1. The molecule has 1 aromatic carbocycles. The molecule has 0 radical (unpaired) electrons. The zero-order valence-electron chi connectivity index (χ0n) is 16.0. The molecular weight excluding hydrogens is 358 g/mol. The van der Waals surface area contributed by atoms with Crippen molar-refractivity contribution in [1.82, 2.24) is 20.2 Å². The number of nitrogens with one attached hydrogen (secondary N) is 1. The van der Waals surface area contributed by atoms with Crippen LogP contribution in [0.2, 0.25) is 0 Å². The number of rotatable bonds is 6. The van der Waals surface area contributed by atoms with Crippen LogP contribution in [0, 0.1) is 13.8 Å². The average Bonchev–Trinajstić information content (AvgIpc) is 2.70. The molecule has 0 spiro atoms. The molecule has 2 amide bonds. The number of anilines is 1. The number of piperazine rings is 1. The average molecular weight is 386 g/mol. The number of thioether (sulfide) groups is 1. The first kappa shape index (κ1) is 19.5. The topological polar surface area (TPSA) is 61.4 Å². The third kappa shape index (κ3) is 5.60. The van der Waals surface area contributed by atoms with E-state index >= 15 is 0 Å². The number of aromatic nitrogens is 2. The zero-order valence-corrected chi connectivity index (χ0v) is 16.8. The molecule has 0 unspecified atom stereocenters. The SMILES string of the molecule is Cc1cnc(C)c(N2CCN(C(=O)NCCCSc3ccccc3)CC2)n1. The van der Waals surface area contributed by atoms with E-state index in [0.717, 1.165) is 42.5 Å². The molecule has 2 aromatic rings. The van der Waals surface area contributed by atoms with Gasteiger partial charge in [-0.3, -0.25) is 4.98 Å². The van der Waals surface area contributed by atoms with Crippen molar-refractivity contribution in [2.75, 3.05) is 43.4 Å². The molecule has 144 valence electrons. The van der Waals surface area contributed by atoms with E-state index in [1.165, 1.54) is 4.90 Å². The van der Waals surface area contributed by atoms with Crippen molar-refractivity contribution in [3.63, 3.8) is 0 Å². The molecule has 1 aliphatic heterocycles. The first-order valence-electron chi connectivity index (χ1n) is 9.39. The molecule has 7 heteroatoms. The van der Waals surface area contributed by atoms with Crippen molar-refractivity contribution in [3.8, 4) is 0 Å². The van der Waals surface area contributed by atoms with Crippen LogP contribution in [0.15, 0.2) is 41.4 Å². The highest BCUT2D eigenvalue weighted by Gasteiger charge is 2.22. The molecule has 2 heterocycles. The minimum Gasteiger partial charge on any atom is -0.352 e. The summed E-state index contributed by atoms with van der Waals surface area (Å²) in [5.41, 5.74) is 1.86. The summed E-state index contributed by atoms with van der Waals surface area (Å²) < 4.78 is 0. The Balaban J connectivity index is 1.36. The van der Waals surface area contributed by atoms with Crippen LogP contribution in [-0.4, -0.2) is 59.4 Å². The lowest BCUT2D eigenvalue weighted by Crippen LogP contribution is -2.52. The summed E-state index contributed by atoms with van der Waals surface area (Å²) in [5, 5.41) is 3.04. The van der Waals surface area contributed by atoms with Gasteiger partial charge >= 0.3 is 6.03 Å². The molecule has 1 saturated heterocycles. The summed E-state index contributed by atoms with van der Waals surface area (Å²) in [4.78, 5) is 26.7. The van der Waals surface area contributed by atoms with Crippen molar-refractivity contribution in [2.45, 2.75) is 25.2 Å². The molecule has 27 heavy (non-hydrogen) atoms. The van der Waals surface area contributed by atoms with Gasteiger partial charge in [-0.2, -0.15) is 0 Å². The van der Waals surface area contributed by atoms with E-state index in [9.17, 15) is 4.79 Å². The lowest BCUT2D eigenvalue weighted by molar-refractivity contribution is 0.194. The number of aryl methyl sites for hydroxylation is 2. The van der Waals surface area contributed by atoms with Crippen molar-refractivity contribution in [2.24, 2.45) is 0 Å². The Hall–Kier alpha value is -2.28. The standard InChI is InChI=1S/C20H27N5OS/c1-16-15-22-17(2)19(23-16)24-10-12-25(13-11-24)20(26)21-9-6-14-27-18-7-4-3-5-8-18/h3-5,7-8,15H,6,9-14H2,1-2H3,(H,21,26). The Kier molecular flexibility index (Phi) is 6.92. The Morgan fingerprint density at radius 1 is 1.15 bits per heavy atom. The molecule has 1 aromatic heterocycles. The second-order valence-corrected chi connectivity index (χ2v) is 7.81. The van der Waals surface area contributed by atoms with Crippen LogP contribution in [0.5, 0.6) is 0 Å². The van der Waals surface area contributed by atoms with Gasteiger partial charge in [0.05, 0.1) is 11.4 Å². The molecular formula is C20H27N5OS. The third-order valence-electron chi connectivity index (χ3n) is 4.53. The van der Waals surface area contributed by atoms with Gasteiger partial charge in [0.2, 0.25) is 0 Å². The van der Waals surface area contributed by atoms with Gasteiger partial charge in [-0.05, 0) is 38.2 Å². The van der Waals surface area contributed by atoms with Crippen LogP contribution < -0.4 is 10.2 Å². The summed E-state index contributed by atoms with van der Waals surface area (Å²) in [7, 11) is 0. The molecule has 0 saturated carbocycles. The number of carbonyl (C=O) groups is 1. The number of carbonyl (C=O) groups excluding carboxylic acids is 1. The molecule has 0 aliphatic carbocycles. The van der Waals surface area contributed by atoms with Gasteiger partial charge in [0.1, 0.15) is 5.82 Å². The zero-order chi connectivity index (χ0) is 19.1. The van der Waals surface area contributed by atoms with Crippen LogP contribution in [0.1, 0.15) is 17.8 Å². The summed E-state index contributed by atoms with van der Waals surface area (Å²) in [6, 6.07) is 10.4. The first-order valence-corrected chi connectivity index (χ1v) is 10.4. The van der Waals surface area contributed by atoms with E-state index in [0.29, 0.717) is 19.6 Å². The molecule has 0 atom stereocenters. The molecule has 6 nitrogen and oxygen atoms in total. The summed E-state index contributed by atoms with van der Waals surface area (Å²) in [5.74, 6) is 1.94. The van der Waals surface area contributed by atoms with Crippen molar-refractivity contribution < 1.29 is 4.79 Å². The molecule has 1 fully saturated rings. The molecule has 3 rings (SSSR count). The van der Waals surface area contributed by atoms with Gasteiger partial charge in [0.25, 0.3) is 0 Å². The Morgan fingerprint density at radius 3 is 2.63 bits per heavy atom. The molecule has 1 aliphatic rings. The highest BCUT2D eigenvalue weighted by atomic mass is 32.2. The molecule has 0 bridgehead atoms. The normalized spacial score (nSPS) is 14.3. The van der Waals surface area contributed by atoms with E-state index in [1.807, 2.05) is 48.7 Å². The third-order valence-corrected chi connectivity index (χ3v) is 5.62. The second kappa shape index (κ2) is 9.60. The number of amides is 2. The molecule has 1 N–H and O–H groups in total. The maximum atomic E-state index is 12.4. The largest absolute Gasteiger partial charge is 0.352 e. The Bertz CT molecular complexity index is 747. The fourth-order valence-electron chi connectivity index (χ4n) is 3.03. The minimum atomic E-state index is 0.0337. The number of nitrogens with zero attached hydrogens (tertiary/aromatic N) is 4. The van der Waals surface area contributed by atoms with Crippen LogP contribution in [0.25, 0.3) is 0 Å². The fraction of sp³-hybridized carbons (Fsp3) is 0.450. The Labute approximate surface area is 165 Å². The number of hydrogen-bond acceptors (Lipinski definition) is 5. The van der Waals surface area contributed by atoms with Crippen LogP contribution in [0.4, 0.5) is 10.6 Å².